The lowest BCUT2D eigenvalue weighted by atomic mass is 9.89. The van der Waals surface area contributed by atoms with Crippen LogP contribution in [-0.4, -0.2) is 21.5 Å². The lowest BCUT2D eigenvalue weighted by Crippen LogP contribution is -2.09. The van der Waals surface area contributed by atoms with Gasteiger partial charge in [-0.2, -0.15) is 0 Å². The van der Waals surface area contributed by atoms with E-state index in [2.05, 4.69) is 16.9 Å². The Morgan fingerprint density at radius 2 is 2.08 bits per heavy atom. The second-order valence-corrected chi connectivity index (χ2v) is 8.73. The maximum Gasteiger partial charge on any atom is 0.173 e. The van der Waals surface area contributed by atoms with Gasteiger partial charge in [0.2, 0.25) is 0 Å². The van der Waals surface area contributed by atoms with Crippen LogP contribution in [0.25, 0.3) is 10.2 Å². The molecule has 2 aromatic heterocycles. The van der Waals surface area contributed by atoms with Crippen molar-refractivity contribution in [3.8, 4) is 0 Å². The molecule has 0 fully saturated rings. The number of ketones is 1. The topological polar surface area (TPSA) is 42.9 Å². The van der Waals surface area contributed by atoms with Gasteiger partial charge in [0, 0.05) is 15.8 Å². The monoisotopic (exact) mass is 368 g/mol. The number of nitrogens with zero attached hydrogens (tertiary/aromatic N) is 2. The molecule has 0 amide bonds. The number of rotatable bonds is 4. The van der Waals surface area contributed by atoms with Crippen molar-refractivity contribution in [3.05, 3.63) is 52.2 Å². The molecule has 0 radical (unpaired) electrons. The summed E-state index contributed by atoms with van der Waals surface area (Å²) in [7, 11) is 0. The number of hydrogen-bond donors (Lipinski definition) is 0. The van der Waals surface area contributed by atoms with Crippen molar-refractivity contribution in [2.75, 3.05) is 5.75 Å². The highest BCUT2D eigenvalue weighted by Crippen LogP contribution is 2.40. The molecule has 0 aliphatic heterocycles. The van der Waals surface area contributed by atoms with E-state index in [9.17, 15) is 4.79 Å². The summed E-state index contributed by atoms with van der Waals surface area (Å²) >= 11 is 3.36. The first-order valence-corrected chi connectivity index (χ1v) is 10.4. The molecule has 3 aromatic rings. The first kappa shape index (κ1) is 16.7. The molecule has 0 saturated carbocycles. The third-order valence-corrected chi connectivity index (χ3v) is 6.79. The van der Waals surface area contributed by atoms with Crippen LogP contribution in [0.4, 0.5) is 0 Å². The number of Topliss-reactive ketones (excluding diaryl/α,β-unsaturated/α-hetero) is 1. The SMILES string of the molecule is Cc1nc(SCC(=O)c2ccccc2)c2c3c(sc2n1)CC(C)CC3. The molecule has 0 saturated heterocycles. The van der Waals surface area contributed by atoms with Crippen molar-refractivity contribution in [1.82, 2.24) is 9.97 Å². The highest BCUT2D eigenvalue weighted by Gasteiger charge is 2.24. The van der Waals surface area contributed by atoms with Crippen molar-refractivity contribution in [1.29, 1.82) is 0 Å². The Morgan fingerprint density at radius 3 is 2.88 bits per heavy atom. The van der Waals surface area contributed by atoms with Crippen LogP contribution in [0.5, 0.6) is 0 Å². The van der Waals surface area contributed by atoms with Crippen LogP contribution in [0, 0.1) is 12.8 Å². The van der Waals surface area contributed by atoms with Gasteiger partial charge in [0.25, 0.3) is 0 Å². The van der Waals surface area contributed by atoms with Crippen LogP contribution in [0.1, 0.15) is 40.0 Å². The number of aromatic nitrogens is 2. The smallest absolute Gasteiger partial charge is 0.173 e. The number of carbonyl (C=O) groups excluding carboxylic acids is 1. The van der Waals surface area contributed by atoms with E-state index in [1.54, 1.807) is 11.8 Å². The minimum Gasteiger partial charge on any atom is -0.293 e. The van der Waals surface area contributed by atoms with Gasteiger partial charge in [-0.25, -0.2) is 9.97 Å². The van der Waals surface area contributed by atoms with Crippen molar-refractivity contribution in [2.45, 2.75) is 38.1 Å². The van der Waals surface area contributed by atoms with Gasteiger partial charge in [-0.1, -0.05) is 49.0 Å². The fraction of sp³-hybridized carbons (Fsp3) is 0.350. The minimum atomic E-state index is 0.146. The average Bonchev–Trinajstić information content (AvgIpc) is 2.97. The Morgan fingerprint density at radius 1 is 1.28 bits per heavy atom. The zero-order valence-corrected chi connectivity index (χ0v) is 16.0. The summed E-state index contributed by atoms with van der Waals surface area (Å²) in [5, 5.41) is 2.17. The number of thioether (sulfide) groups is 1. The van der Waals surface area contributed by atoms with E-state index in [1.807, 2.05) is 48.6 Å². The van der Waals surface area contributed by atoms with Gasteiger partial charge < -0.3 is 0 Å². The van der Waals surface area contributed by atoms with Crippen LogP contribution >= 0.6 is 23.1 Å². The van der Waals surface area contributed by atoms with Gasteiger partial charge in [-0.3, -0.25) is 4.79 Å². The lowest BCUT2D eigenvalue weighted by molar-refractivity contribution is 0.102. The predicted octanol–water partition coefficient (Wildman–Crippen LogP) is 5.10. The van der Waals surface area contributed by atoms with E-state index >= 15 is 0 Å². The Bertz CT molecular complexity index is 934. The van der Waals surface area contributed by atoms with Crippen LogP contribution in [0.2, 0.25) is 0 Å². The number of hydrogen-bond acceptors (Lipinski definition) is 5. The molecule has 1 unspecified atom stereocenters. The molecule has 3 nitrogen and oxygen atoms in total. The molecule has 0 N–H and O–H groups in total. The summed E-state index contributed by atoms with van der Waals surface area (Å²) in [4.78, 5) is 24.3. The Labute approximate surface area is 155 Å². The van der Waals surface area contributed by atoms with E-state index in [0.29, 0.717) is 5.75 Å². The molecule has 1 aromatic carbocycles. The molecule has 1 atom stereocenters. The molecule has 0 spiro atoms. The number of aryl methyl sites for hydroxylation is 2. The highest BCUT2D eigenvalue weighted by atomic mass is 32.2. The molecule has 1 aliphatic carbocycles. The predicted molar refractivity (Wildman–Crippen MR) is 105 cm³/mol. The summed E-state index contributed by atoms with van der Waals surface area (Å²) in [5.74, 6) is 2.09. The minimum absolute atomic E-state index is 0.146. The quantitative estimate of drug-likeness (QED) is 0.365. The van der Waals surface area contributed by atoms with Crippen molar-refractivity contribution < 1.29 is 4.79 Å². The van der Waals surface area contributed by atoms with E-state index < -0.39 is 0 Å². The van der Waals surface area contributed by atoms with Crippen molar-refractivity contribution in [2.24, 2.45) is 5.92 Å². The van der Waals surface area contributed by atoms with Crippen molar-refractivity contribution >= 4 is 39.1 Å². The van der Waals surface area contributed by atoms with Crippen LogP contribution in [0.15, 0.2) is 35.4 Å². The summed E-state index contributed by atoms with van der Waals surface area (Å²) in [6.45, 7) is 4.25. The largest absolute Gasteiger partial charge is 0.293 e. The first-order valence-electron chi connectivity index (χ1n) is 8.61. The van der Waals surface area contributed by atoms with Gasteiger partial charge in [-0.15, -0.1) is 11.3 Å². The van der Waals surface area contributed by atoms with Crippen LogP contribution in [-0.2, 0) is 12.8 Å². The van der Waals surface area contributed by atoms with Crippen LogP contribution < -0.4 is 0 Å². The third-order valence-electron chi connectivity index (χ3n) is 4.67. The Kier molecular flexibility index (Phi) is 4.61. The summed E-state index contributed by atoms with van der Waals surface area (Å²) < 4.78 is 0. The van der Waals surface area contributed by atoms with E-state index in [4.69, 9.17) is 0 Å². The normalized spacial score (nSPS) is 16.8. The second kappa shape index (κ2) is 6.89. The fourth-order valence-corrected chi connectivity index (χ4v) is 5.84. The Hall–Kier alpha value is -1.72. The van der Waals surface area contributed by atoms with E-state index in [0.717, 1.165) is 40.0 Å². The van der Waals surface area contributed by atoms with Gasteiger partial charge in [0.05, 0.1) is 5.75 Å². The molecule has 1 aliphatic rings. The molecule has 5 heteroatoms. The van der Waals surface area contributed by atoms with Gasteiger partial charge >= 0.3 is 0 Å². The molecule has 2 heterocycles. The standard InChI is InChI=1S/C20H20N2OS2/c1-12-8-9-15-17(10-12)25-20-18(15)19(21-13(2)22-20)24-11-16(23)14-6-4-3-5-7-14/h3-7,12H,8-11H2,1-2H3. The highest BCUT2D eigenvalue weighted by molar-refractivity contribution is 8.00. The first-order chi connectivity index (χ1) is 12.1. The summed E-state index contributed by atoms with van der Waals surface area (Å²) in [6, 6.07) is 9.48. The molecule has 4 rings (SSSR count). The number of fused-ring (bicyclic) bond motifs is 3. The third kappa shape index (κ3) is 3.35. The van der Waals surface area contributed by atoms with Gasteiger partial charge in [-0.05, 0) is 37.7 Å². The second-order valence-electron chi connectivity index (χ2n) is 6.69. The summed E-state index contributed by atoms with van der Waals surface area (Å²) in [5.41, 5.74) is 2.19. The molecular formula is C20H20N2OS2. The summed E-state index contributed by atoms with van der Waals surface area (Å²) in [6.07, 6.45) is 3.46. The van der Waals surface area contributed by atoms with Gasteiger partial charge in [0.15, 0.2) is 5.78 Å². The molecular weight excluding hydrogens is 348 g/mol. The number of benzene rings is 1. The fourth-order valence-electron chi connectivity index (χ4n) is 3.36. The zero-order valence-electron chi connectivity index (χ0n) is 14.4. The van der Waals surface area contributed by atoms with E-state index in [1.165, 1.54) is 22.2 Å². The van der Waals surface area contributed by atoms with Crippen molar-refractivity contribution in [3.63, 3.8) is 0 Å². The zero-order chi connectivity index (χ0) is 17.4. The van der Waals surface area contributed by atoms with Crippen LogP contribution in [0.3, 0.4) is 0 Å². The molecule has 25 heavy (non-hydrogen) atoms. The number of carbonyl (C=O) groups is 1. The van der Waals surface area contributed by atoms with E-state index in [-0.39, 0.29) is 5.78 Å². The number of thiophene rings is 1. The molecule has 0 bridgehead atoms. The Balaban J connectivity index is 1.66. The lowest BCUT2D eigenvalue weighted by Gasteiger charge is -2.18. The van der Waals surface area contributed by atoms with Gasteiger partial charge in [0.1, 0.15) is 15.7 Å². The molecule has 128 valence electrons. The average molecular weight is 369 g/mol. The maximum atomic E-state index is 12.4. The maximum absolute atomic E-state index is 12.4.